The molecule has 1 aliphatic heterocycles. The number of anilines is 2. The average molecular weight is 366 g/mol. The molecular formula is C18H18N6O3. The van der Waals surface area contributed by atoms with Crippen LogP contribution in [0.2, 0.25) is 0 Å². The number of rotatable bonds is 4. The Labute approximate surface area is 155 Å². The molecule has 1 fully saturated rings. The molecule has 0 saturated carbocycles. The summed E-state index contributed by atoms with van der Waals surface area (Å²) in [7, 11) is 1.68. The van der Waals surface area contributed by atoms with Crippen molar-refractivity contribution in [1.29, 1.82) is 0 Å². The van der Waals surface area contributed by atoms with Gasteiger partial charge in [-0.25, -0.2) is 0 Å². The highest BCUT2D eigenvalue weighted by atomic mass is 16.4. The highest BCUT2D eigenvalue weighted by molar-refractivity contribution is 6.01. The minimum Gasteiger partial charge on any atom is -0.407 e. The number of para-hydroxylation sites is 1. The van der Waals surface area contributed by atoms with Crippen molar-refractivity contribution in [2.75, 3.05) is 16.8 Å². The van der Waals surface area contributed by atoms with E-state index in [1.54, 1.807) is 24.9 Å². The summed E-state index contributed by atoms with van der Waals surface area (Å²) in [5.41, 5.74) is 1.96. The predicted octanol–water partition coefficient (Wildman–Crippen LogP) is 1.88. The molecule has 1 aliphatic rings. The van der Waals surface area contributed by atoms with Gasteiger partial charge in [0, 0.05) is 25.7 Å². The van der Waals surface area contributed by atoms with Gasteiger partial charge in [0.25, 0.3) is 5.91 Å². The lowest BCUT2D eigenvalue weighted by Gasteiger charge is -2.15. The Morgan fingerprint density at radius 2 is 2.04 bits per heavy atom. The lowest BCUT2D eigenvalue weighted by molar-refractivity contribution is -0.117. The van der Waals surface area contributed by atoms with Gasteiger partial charge in [0.2, 0.25) is 11.8 Å². The van der Waals surface area contributed by atoms with Gasteiger partial charge in [-0.15, -0.1) is 5.10 Å². The Morgan fingerprint density at radius 3 is 2.74 bits per heavy atom. The third-order valence-electron chi connectivity index (χ3n) is 4.44. The van der Waals surface area contributed by atoms with Gasteiger partial charge in [-0.2, -0.15) is 5.10 Å². The van der Waals surface area contributed by atoms with Crippen LogP contribution >= 0.6 is 0 Å². The molecule has 3 heterocycles. The normalized spacial score (nSPS) is 16.7. The van der Waals surface area contributed by atoms with Crippen LogP contribution in [0, 0.1) is 6.92 Å². The second-order valence-electron chi connectivity index (χ2n) is 6.44. The maximum absolute atomic E-state index is 12.3. The molecule has 138 valence electrons. The first-order valence-electron chi connectivity index (χ1n) is 8.52. The Hall–Kier alpha value is -3.49. The summed E-state index contributed by atoms with van der Waals surface area (Å²) in [6.07, 6.45) is 0.283. The lowest BCUT2D eigenvalue weighted by atomic mass is 10.1. The maximum Gasteiger partial charge on any atom is 0.322 e. The molecule has 1 aromatic carbocycles. The summed E-state index contributed by atoms with van der Waals surface area (Å²) in [5.74, 6) is -0.268. The molecule has 4 rings (SSSR count). The van der Waals surface area contributed by atoms with E-state index in [0.717, 1.165) is 11.4 Å². The van der Waals surface area contributed by atoms with Crippen LogP contribution in [0.5, 0.6) is 0 Å². The van der Waals surface area contributed by atoms with Crippen molar-refractivity contribution in [3.05, 3.63) is 53.7 Å². The van der Waals surface area contributed by atoms with Gasteiger partial charge in [-0.3, -0.25) is 19.6 Å². The zero-order valence-electron chi connectivity index (χ0n) is 14.9. The molecule has 27 heavy (non-hydrogen) atoms. The number of aromatic nitrogens is 4. The fourth-order valence-corrected chi connectivity index (χ4v) is 3.16. The molecule has 3 aromatic rings. The standard InChI is InChI=1S/C18H18N6O3/c1-11-8-14(23(2)22-11)16(26)19-18-21-20-17(27-18)12-9-15(25)24(10-12)13-6-4-3-5-7-13/h3-8,12H,9-10H2,1-2H3,(H,19,21,26). The van der Waals surface area contributed by atoms with E-state index in [1.807, 2.05) is 30.3 Å². The molecule has 2 amide bonds. The van der Waals surface area contributed by atoms with Gasteiger partial charge in [0.05, 0.1) is 11.6 Å². The van der Waals surface area contributed by atoms with Crippen LogP contribution in [0.3, 0.4) is 0 Å². The molecule has 1 saturated heterocycles. The molecule has 1 N–H and O–H groups in total. The van der Waals surface area contributed by atoms with E-state index in [0.29, 0.717) is 18.1 Å². The van der Waals surface area contributed by atoms with E-state index in [2.05, 4.69) is 20.6 Å². The molecule has 9 nitrogen and oxygen atoms in total. The van der Waals surface area contributed by atoms with Crippen molar-refractivity contribution >= 4 is 23.5 Å². The zero-order valence-corrected chi connectivity index (χ0v) is 14.9. The molecule has 2 aromatic heterocycles. The van der Waals surface area contributed by atoms with Gasteiger partial charge in [-0.1, -0.05) is 23.3 Å². The second-order valence-corrected chi connectivity index (χ2v) is 6.44. The summed E-state index contributed by atoms with van der Waals surface area (Å²) in [6.45, 7) is 2.26. The SMILES string of the molecule is Cc1cc(C(=O)Nc2nnc(C3CC(=O)N(c4ccccc4)C3)o2)n(C)n1. The van der Waals surface area contributed by atoms with E-state index < -0.39 is 0 Å². The third kappa shape index (κ3) is 3.31. The van der Waals surface area contributed by atoms with Crippen LogP contribution in [0.25, 0.3) is 0 Å². The number of carbonyl (C=O) groups is 2. The molecule has 0 radical (unpaired) electrons. The number of hydrogen-bond donors (Lipinski definition) is 1. The molecule has 0 bridgehead atoms. The molecule has 9 heteroatoms. The number of nitrogens with one attached hydrogen (secondary N) is 1. The number of amides is 2. The number of aryl methyl sites for hydroxylation is 2. The van der Waals surface area contributed by atoms with E-state index >= 15 is 0 Å². The van der Waals surface area contributed by atoms with Crippen molar-refractivity contribution < 1.29 is 14.0 Å². The van der Waals surface area contributed by atoms with Gasteiger partial charge in [0.15, 0.2) is 0 Å². The summed E-state index contributed by atoms with van der Waals surface area (Å²) in [5, 5.41) is 14.6. The summed E-state index contributed by atoms with van der Waals surface area (Å²) in [6, 6.07) is 11.1. The molecular weight excluding hydrogens is 348 g/mol. The Morgan fingerprint density at radius 1 is 1.26 bits per heavy atom. The van der Waals surface area contributed by atoms with Crippen molar-refractivity contribution in [2.45, 2.75) is 19.3 Å². The monoisotopic (exact) mass is 366 g/mol. The smallest absolute Gasteiger partial charge is 0.322 e. The second kappa shape index (κ2) is 6.67. The first kappa shape index (κ1) is 17.0. The van der Waals surface area contributed by atoms with Crippen LogP contribution in [0.1, 0.15) is 34.4 Å². The van der Waals surface area contributed by atoms with E-state index in [9.17, 15) is 9.59 Å². The average Bonchev–Trinajstić information content (AvgIpc) is 3.34. The Kier molecular flexibility index (Phi) is 4.19. The Balaban J connectivity index is 1.46. The topological polar surface area (TPSA) is 106 Å². The molecule has 0 spiro atoms. The minimum absolute atomic E-state index is 0.000320. The summed E-state index contributed by atoms with van der Waals surface area (Å²) in [4.78, 5) is 26.3. The van der Waals surface area contributed by atoms with Crippen molar-refractivity contribution in [2.24, 2.45) is 7.05 Å². The number of hydrogen-bond acceptors (Lipinski definition) is 6. The highest BCUT2D eigenvalue weighted by Crippen LogP contribution is 2.31. The van der Waals surface area contributed by atoms with Gasteiger partial charge in [-0.05, 0) is 25.1 Å². The first-order valence-corrected chi connectivity index (χ1v) is 8.52. The predicted molar refractivity (Wildman–Crippen MR) is 96.3 cm³/mol. The number of nitrogens with zero attached hydrogens (tertiary/aromatic N) is 5. The van der Waals surface area contributed by atoms with Crippen LogP contribution in [-0.2, 0) is 11.8 Å². The molecule has 0 aliphatic carbocycles. The zero-order chi connectivity index (χ0) is 19.0. The number of carbonyl (C=O) groups excluding carboxylic acids is 2. The van der Waals surface area contributed by atoms with Crippen molar-refractivity contribution in [1.82, 2.24) is 20.0 Å². The molecule has 1 atom stereocenters. The van der Waals surface area contributed by atoms with E-state index in [4.69, 9.17) is 4.42 Å². The largest absolute Gasteiger partial charge is 0.407 e. The van der Waals surface area contributed by atoms with Crippen molar-refractivity contribution in [3.8, 4) is 0 Å². The lowest BCUT2D eigenvalue weighted by Crippen LogP contribution is -2.24. The van der Waals surface area contributed by atoms with Crippen LogP contribution in [0.4, 0.5) is 11.7 Å². The first-order chi connectivity index (χ1) is 13.0. The van der Waals surface area contributed by atoms with Gasteiger partial charge >= 0.3 is 6.01 Å². The van der Waals surface area contributed by atoms with E-state index in [1.165, 1.54) is 4.68 Å². The molecule has 1 unspecified atom stereocenters. The number of benzene rings is 1. The van der Waals surface area contributed by atoms with Crippen LogP contribution in [-0.4, -0.2) is 38.3 Å². The fraction of sp³-hybridized carbons (Fsp3) is 0.278. The van der Waals surface area contributed by atoms with Crippen LogP contribution < -0.4 is 10.2 Å². The quantitative estimate of drug-likeness (QED) is 0.756. The summed E-state index contributed by atoms with van der Waals surface area (Å²) >= 11 is 0. The van der Waals surface area contributed by atoms with E-state index in [-0.39, 0.29) is 30.2 Å². The van der Waals surface area contributed by atoms with Crippen LogP contribution in [0.15, 0.2) is 40.8 Å². The van der Waals surface area contributed by atoms with Gasteiger partial charge < -0.3 is 9.32 Å². The van der Waals surface area contributed by atoms with Crippen molar-refractivity contribution in [3.63, 3.8) is 0 Å². The maximum atomic E-state index is 12.3. The third-order valence-corrected chi connectivity index (χ3v) is 4.44. The highest BCUT2D eigenvalue weighted by Gasteiger charge is 2.35. The fourth-order valence-electron chi connectivity index (χ4n) is 3.16. The Bertz CT molecular complexity index is 994. The van der Waals surface area contributed by atoms with Gasteiger partial charge in [0.1, 0.15) is 5.69 Å². The minimum atomic E-state index is -0.387. The summed E-state index contributed by atoms with van der Waals surface area (Å²) < 4.78 is 7.06.